The van der Waals surface area contributed by atoms with Crippen LogP contribution in [0.3, 0.4) is 0 Å². The van der Waals surface area contributed by atoms with Crippen LogP contribution >= 0.6 is 0 Å². The number of aromatic nitrogens is 3. The molecular weight excluding hydrogens is 427 g/mol. The number of hydrogen-bond acceptors (Lipinski definition) is 7. The van der Waals surface area contributed by atoms with Gasteiger partial charge in [0.2, 0.25) is 5.95 Å². The first-order valence-electron chi connectivity index (χ1n) is 10.5. The third-order valence-corrected chi connectivity index (χ3v) is 5.62. The van der Waals surface area contributed by atoms with Gasteiger partial charge in [-0.15, -0.1) is 0 Å². The first kappa shape index (κ1) is 21.0. The third-order valence-electron chi connectivity index (χ3n) is 5.62. The molecule has 2 aromatic heterocycles. The molecule has 0 spiro atoms. The van der Waals surface area contributed by atoms with Crippen LogP contribution in [-0.2, 0) is 4.74 Å². The summed E-state index contributed by atoms with van der Waals surface area (Å²) in [5.41, 5.74) is 3.19. The molecule has 2 aromatic carbocycles. The van der Waals surface area contributed by atoms with Gasteiger partial charge in [-0.2, -0.15) is 4.98 Å². The first-order valence-corrected chi connectivity index (χ1v) is 10.5. The maximum Gasteiger partial charge on any atom is 0.270 e. The molecule has 2 N–H and O–H groups in total. The zero-order valence-electron chi connectivity index (χ0n) is 17.8. The number of nitro groups is 1. The van der Waals surface area contributed by atoms with Crippen molar-refractivity contribution in [3.8, 4) is 5.82 Å². The third kappa shape index (κ3) is 4.13. The summed E-state index contributed by atoms with van der Waals surface area (Å²) >= 11 is 0. The van der Waals surface area contributed by atoms with E-state index in [9.17, 15) is 14.5 Å². The van der Waals surface area contributed by atoms with E-state index >= 15 is 0 Å². The molecule has 33 heavy (non-hydrogen) atoms. The number of benzene rings is 2. The molecule has 9 nitrogen and oxygen atoms in total. The number of nitro benzene ring substituents is 1. The number of hydrogen-bond donors (Lipinski definition) is 2. The number of nitrogens with zero attached hydrogens (tertiary/aromatic N) is 4. The van der Waals surface area contributed by atoms with Crippen molar-refractivity contribution in [1.82, 2.24) is 19.9 Å². The normalized spacial score (nSPS) is 16.1. The van der Waals surface area contributed by atoms with Gasteiger partial charge in [0.15, 0.2) is 11.6 Å². The van der Waals surface area contributed by atoms with Crippen molar-refractivity contribution in [3.63, 3.8) is 0 Å². The number of anilines is 2. The summed E-state index contributed by atoms with van der Waals surface area (Å²) in [6, 6.07) is 12.2. The van der Waals surface area contributed by atoms with Crippen LogP contribution in [-0.4, -0.2) is 39.2 Å². The number of rotatable bonds is 5. The molecule has 1 unspecified atom stereocenters. The molecule has 1 atom stereocenters. The van der Waals surface area contributed by atoms with Crippen molar-refractivity contribution in [2.45, 2.75) is 13.0 Å². The van der Waals surface area contributed by atoms with Gasteiger partial charge in [-0.3, -0.25) is 14.7 Å². The Morgan fingerprint density at radius 3 is 2.82 bits per heavy atom. The summed E-state index contributed by atoms with van der Waals surface area (Å²) < 4.78 is 22.0. The van der Waals surface area contributed by atoms with E-state index < -0.39 is 10.7 Å². The molecule has 0 bridgehead atoms. The van der Waals surface area contributed by atoms with E-state index in [1.54, 1.807) is 16.8 Å². The number of fused-ring (bicyclic) bond motifs is 1. The van der Waals surface area contributed by atoms with Crippen molar-refractivity contribution < 1.29 is 14.1 Å². The van der Waals surface area contributed by atoms with E-state index in [-0.39, 0.29) is 23.6 Å². The summed E-state index contributed by atoms with van der Waals surface area (Å²) in [6.07, 6.45) is 2.83. The maximum atomic E-state index is 14.7. The smallest absolute Gasteiger partial charge is 0.270 e. The second-order valence-corrected chi connectivity index (χ2v) is 7.82. The highest BCUT2D eigenvalue weighted by Crippen LogP contribution is 2.29. The molecule has 4 aromatic rings. The standard InChI is InChI=1S/C23H21FN6O3/c1-14-13-29(20-7-6-17(30(31)32)10-18(14)20)22-19(24)11-26-23(28-22)27-16-4-2-15(3-5-16)21-12-25-8-9-33-21/h2-7,10-11,13,21,25H,8-9,12H2,1H3,(H,26,27,28). The minimum absolute atomic E-state index is 0.0163. The quantitative estimate of drug-likeness (QED) is 0.348. The highest BCUT2D eigenvalue weighted by molar-refractivity contribution is 5.87. The van der Waals surface area contributed by atoms with Crippen molar-refractivity contribution in [1.29, 1.82) is 0 Å². The molecule has 10 heteroatoms. The lowest BCUT2D eigenvalue weighted by atomic mass is 10.1. The molecule has 1 saturated heterocycles. The van der Waals surface area contributed by atoms with Crippen molar-refractivity contribution in [2.24, 2.45) is 0 Å². The number of aryl methyl sites for hydroxylation is 1. The van der Waals surface area contributed by atoms with Crippen molar-refractivity contribution in [3.05, 3.63) is 81.9 Å². The number of nitrogens with one attached hydrogen (secondary N) is 2. The van der Waals surface area contributed by atoms with Gasteiger partial charge in [-0.1, -0.05) is 12.1 Å². The van der Waals surface area contributed by atoms with E-state index in [1.165, 1.54) is 12.1 Å². The Labute approximate surface area is 188 Å². The molecular formula is C23H21FN6O3. The fraction of sp³-hybridized carbons (Fsp3) is 0.217. The van der Waals surface area contributed by atoms with Gasteiger partial charge in [0, 0.05) is 42.5 Å². The fourth-order valence-corrected chi connectivity index (χ4v) is 3.95. The summed E-state index contributed by atoms with van der Waals surface area (Å²) in [5, 5.41) is 18.2. The SMILES string of the molecule is Cc1cn(-c2nc(Nc3ccc(C4CNCCO4)cc3)ncc2F)c2ccc([N+](=O)[O-])cc12. The summed E-state index contributed by atoms with van der Waals surface area (Å²) in [6.45, 7) is 4.11. The zero-order valence-corrected chi connectivity index (χ0v) is 17.8. The number of ether oxygens (including phenoxy) is 1. The van der Waals surface area contributed by atoms with Gasteiger partial charge in [0.1, 0.15) is 0 Å². The molecule has 1 aliphatic heterocycles. The van der Waals surface area contributed by atoms with Crippen LogP contribution in [0.4, 0.5) is 21.7 Å². The second-order valence-electron chi connectivity index (χ2n) is 7.82. The molecule has 0 radical (unpaired) electrons. The van der Waals surface area contributed by atoms with E-state index in [2.05, 4.69) is 20.6 Å². The minimum Gasteiger partial charge on any atom is -0.371 e. The van der Waals surface area contributed by atoms with Gasteiger partial charge in [0.05, 0.1) is 29.3 Å². The van der Waals surface area contributed by atoms with Crippen LogP contribution in [0.15, 0.2) is 54.9 Å². The Hall–Kier alpha value is -3.89. The Balaban J connectivity index is 1.43. The maximum absolute atomic E-state index is 14.7. The van der Waals surface area contributed by atoms with Crippen LogP contribution in [0.1, 0.15) is 17.2 Å². The van der Waals surface area contributed by atoms with E-state index in [4.69, 9.17) is 4.74 Å². The van der Waals surface area contributed by atoms with Gasteiger partial charge >= 0.3 is 0 Å². The molecule has 1 aliphatic rings. The van der Waals surface area contributed by atoms with Crippen LogP contribution in [0, 0.1) is 22.9 Å². The van der Waals surface area contributed by atoms with Crippen LogP contribution in [0.2, 0.25) is 0 Å². The van der Waals surface area contributed by atoms with Crippen molar-refractivity contribution >= 4 is 28.2 Å². The average molecular weight is 448 g/mol. The molecule has 1 fully saturated rings. The Bertz CT molecular complexity index is 1330. The lowest BCUT2D eigenvalue weighted by Crippen LogP contribution is -2.33. The number of morpholine rings is 1. The summed E-state index contributed by atoms with van der Waals surface area (Å²) in [4.78, 5) is 19.1. The number of non-ortho nitro benzene ring substituents is 1. The van der Waals surface area contributed by atoms with Crippen LogP contribution in [0.25, 0.3) is 16.7 Å². The highest BCUT2D eigenvalue weighted by Gasteiger charge is 2.18. The average Bonchev–Trinajstić information content (AvgIpc) is 3.17. The molecule has 0 aliphatic carbocycles. The highest BCUT2D eigenvalue weighted by atomic mass is 19.1. The molecule has 0 amide bonds. The lowest BCUT2D eigenvalue weighted by Gasteiger charge is -2.24. The van der Waals surface area contributed by atoms with Gasteiger partial charge in [0.25, 0.3) is 5.69 Å². The first-order chi connectivity index (χ1) is 16.0. The molecule has 168 valence electrons. The Morgan fingerprint density at radius 1 is 1.27 bits per heavy atom. The van der Waals surface area contributed by atoms with E-state index in [0.29, 0.717) is 17.5 Å². The Morgan fingerprint density at radius 2 is 2.09 bits per heavy atom. The van der Waals surface area contributed by atoms with E-state index in [0.717, 1.165) is 36.1 Å². The van der Waals surface area contributed by atoms with Crippen LogP contribution < -0.4 is 10.6 Å². The summed E-state index contributed by atoms with van der Waals surface area (Å²) in [7, 11) is 0. The number of halogens is 1. The second kappa shape index (κ2) is 8.57. The monoisotopic (exact) mass is 448 g/mol. The summed E-state index contributed by atoms with van der Waals surface area (Å²) in [5.74, 6) is -0.318. The molecule has 5 rings (SSSR count). The molecule has 3 heterocycles. The minimum atomic E-state index is -0.604. The zero-order chi connectivity index (χ0) is 22.9. The largest absolute Gasteiger partial charge is 0.371 e. The predicted molar refractivity (Wildman–Crippen MR) is 122 cm³/mol. The Kier molecular flexibility index (Phi) is 5.45. The van der Waals surface area contributed by atoms with Gasteiger partial charge < -0.3 is 15.4 Å². The van der Waals surface area contributed by atoms with E-state index in [1.807, 2.05) is 31.2 Å². The predicted octanol–water partition coefficient (Wildman–Crippen LogP) is 4.18. The van der Waals surface area contributed by atoms with Gasteiger partial charge in [-0.05, 0) is 36.2 Å². The van der Waals surface area contributed by atoms with Crippen molar-refractivity contribution in [2.75, 3.05) is 25.0 Å². The fourth-order valence-electron chi connectivity index (χ4n) is 3.95. The molecule has 0 saturated carbocycles. The topological polar surface area (TPSA) is 107 Å². The van der Waals surface area contributed by atoms with Gasteiger partial charge in [-0.25, -0.2) is 9.37 Å². The van der Waals surface area contributed by atoms with Crippen LogP contribution in [0.5, 0.6) is 0 Å². The lowest BCUT2D eigenvalue weighted by molar-refractivity contribution is -0.384.